The summed E-state index contributed by atoms with van der Waals surface area (Å²) in [6.07, 6.45) is 24.1. The molecule has 0 aliphatic carbocycles. The van der Waals surface area contributed by atoms with Gasteiger partial charge in [-0.05, 0) is 19.3 Å². The maximum absolute atomic E-state index is 11.0. The number of unbranched alkanes of at least 4 members (excludes halogenated alkanes) is 15. The summed E-state index contributed by atoms with van der Waals surface area (Å²) < 4.78 is 4.59. The van der Waals surface area contributed by atoms with Gasteiger partial charge < -0.3 is 10.1 Å². The Kier molecular flexibility index (Phi) is 19.8. The molecule has 0 radical (unpaired) electrons. The van der Waals surface area contributed by atoms with Crippen LogP contribution in [0, 0.1) is 0 Å². The molecule has 0 saturated carbocycles. The number of hydrogen-bond donors (Lipinski definition) is 1. The summed E-state index contributed by atoms with van der Waals surface area (Å²) in [4.78, 5) is 11.0. The number of allylic oxidation sites excluding steroid dienone is 1. The topological polar surface area (TPSA) is 38.3 Å². The SMILES string of the molecule is C=CCCCCCCCCCCCCCCCCCNC(=O)OC=C. The van der Waals surface area contributed by atoms with Crippen LogP contribution < -0.4 is 5.32 Å². The van der Waals surface area contributed by atoms with Crippen LogP contribution in [-0.4, -0.2) is 12.6 Å². The lowest BCUT2D eigenvalue weighted by Crippen LogP contribution is -2.23. The minimum Gasteiger partial charge on any atom is -0.419 e. The van der Waals surface area contributed by atoms with Crippen LogP contribution >= 0.6 is 0 Å². The number of ether oxygens (including phenoxy) is 1. The van der Waals surface area contributed by atoms with E-state index in [1.807, 2.05) is 6.08 Å². The smallest absolute Gasteiger partial charge is 0.411 e. The molecule has 0 unspecified atom stereocenters. The molecular formula is C22H41NO2. The van der Waals surface area contributed by atoms with Gasteiger partial charge in [0.25, 0.3) is 0 Å². The fraction of sp³-hybridized carbons (Fsp3) is 0.773. The zero-order chi connectivity index (χ0) is 18.4. The van der Waals surface area contributed by atoms with Crippen LogP contribution in [0.1, 0.15) is 103 Å². The molecule has 0 aromatic carbocycles. The summed E-state index contributed by atoms with van der Waals surface area (Å²) in [5.74, 6) is 0. The van der Waals surface area contributed by atoms with Crippen LogP contribution in [0.4, 0.5) is 4.79 Å². The molecule has 0 aliphatic rings. The molecule has 1 amide bonds. The van der Waals surface area contributed by atoms with E-state index >= 15 is 0 Å². The summed E-state index contributed by atoms with van der Waals surface area (Å²) in [7, 11) is 0. The molecule has 0 rings (SSSR count). The van der Waals surface area contributed by atoms with E-state index in [1.165, 1.54) is 96.3 Å². The Balaban J connectivity index is 3.04. The Bertz CT molecular complexity index is 315. The molecule has 0 heterocycles. The van der Waals surface area contributed by atoms with Gasteiger partial charge in [-0.1, -0.05) is 96.1 Å². The molecule has 0 aromatic heterocycles. The van der Waals surface area contributed by atoms with Crippen molar-refractivity contribution in [2.24, 2.45) is 0 Å². The molecule has 0 fully saturated rings. The predicted octanol–water partition coefficient (Wildman–Crippen LogP) is 7.28. The molecule has 146 valence electrons. The average Bonchev–Trinajstić information content (AvgIpc) is 2.61. The summed E-state index contributed by atoms with van der Waals surface area (Å²) in [6.45, 7) is 7.80. The average molecular weight is 352 g/mol. The molecule has 1 N–H and O–H groups in total. The van der Waals surface area contributed by atoms with Crippen molar-refractivity contribution < 1.29 is 9.53 Å². The molecule has 0 saturated heterocycles. The van der Waals surface area contributed by atoms with Crippen molar-refractivity contribution in [3.8, 4) is 0 Å². The van der Waals surface area contributed by atoms with Gasteiger partial charge in [0.15, 0.2) is 0 Å². The third-order valence-electron chi connectivity index (χ3n) is 4.54. The van der Waals surface area contributed by atoms with Gasteiger partial charge in [-0.25, -0.2) is 4.79 Å². The molecular weight excluding hydrogens is 310 g/mol. The van der Waals surface area contributed by atoms with Crippen molar-refractivity contribution in [2.75, 3.05) is 6.54 Å². The van der Waals surface area contributed by atoms with Crippen molar-refractivity contribution in [2.45, 2.75) is 103 Å². The maximum atomic E-state index is 11.0. The van der Waals surface area contributed by atoms with Gasteiger partial charge in [-0.2, -0.15) is 0 Å². The number of amides is 1. The highest BCUT2D eigenvalue weighted by molar-refractivity contribution is 5.67. The largest absolute Gasteiger partial charge is 0.419 e. The van der Waals surface area contributed by atoms with E-state index in [-0.39, 0.29) is 0 Å². The van der Waals surface area contributed by atoms with Crippen LogP contribution in [0.5, 0.6) is 0 Å². The molecule has 0 atom stereocenters. The highest BCUT2D eigenvalue weighted by Gasteiger charge is 1.98. The van der Waals surface area contributed by atoms with E-state index in [0.29, 0.717) is 6.54 Å². The number of rotatable bonds is 19. The molecule has 0 bridgehead atoms. The Morgan fingerprint density at radius 2 is 1.08 bits per heavy atom. The highest BCUT2D eigenvalue weighted by Crippen LogP contribution is 2.13. The molecule has 25 heavy (non-hydrogen) atoms. The van der Waals surface area contributed by atoms with Crippen molar-refractivity contribution in [1.82, 2.24) is 5.32 Å². The number of nitrogens with one attached hydrogen (secondary N) is 1. The zero-order valence-corrected chi connectivity index (χ0v) is 16.4. The van der Waals surface area contributed by atoms with Gasteiger partial charge in [0.2, 0.25) is 0 Å². The lowest BCUT2D eigenvalue weighted by atomic mass is 10.0. The highest BCUT2D eigenvalue weighted by atomic mass is 16.5. The van der Waals surface area contributed by atoms with Crippen LogP contribution in [0.3, 0.4) is 0 Å². The first kappa shape index (κ1) is 23.8. The molecule has 3 heteroatoms. The normalized spacial score (nSPS) is 10.4. The molecule has 0 aliphatic heterocycles. The van der Waals surface area contributed by atoms with E-state index in [1.54, 1.807) is 0 Å². The second kappa shape index (κ2) is 20.8. The van der Waals surface area contributed by atoms with E-state index < -0.39 is 6.09 Å². The summed E-state index contributed by atoms with van der Waals surface area (Å²) in [6, 6.07) is 0. The van der Waals surface area contributed by atoms with Crippen LogP contribution in [0.15, 0.2) is 25.5 Å². The Hall–Kier alpha value is -1.25. The van der Waals surface area contributed by atoms with E-state index in [9.17, 15) is 4.79 Å². The number of alkyl carbamates (subject to hydrolysis) is 1. The lowest BCUT2D eigenvalue weighted by molar-refractivity contribution is 0.185. The monoisotopic (exact) mass is 351 g/mol. The van der Waals surface area contributed by atoms with Crippen molar-refractivity contribution in [3.05, 3.63) is 25.5 Å². The second-order valence-electron chi connectivity index (χ2n) is 6.88. The number of carbonyl (C=O) groups is 1. The Morgan fingerprint density at radius 3 is 1.48 bits per heavy atom. The first-order chi connectivity index (χ1) is 12.3. The number of carbonyl (C=O) groups excluding carboxylic acids is 1. The van der Waals surface area contributed by atoms with E-state index in [0.717, 1.165) is 12.7 Å². The van der Waals surface area contributed by atoms with Crippen molar-refractivity contribution >= 4 is 6.09 Å². The van der Waals surface area contributed by atoms with Gasteiger partial charge in [0, 0.05) is 6.54 Å². The molecule has 3 nitrogen and oxygen atoms in total. The standard InChI is InChI=1S/C22H41NO2/c1-3-5-6-7-8-9-10-11-12-13-14-15-16-17-18-19-20-21-23-22(24)25-4-2/h3-4H,1-2,5-21H2,(H,23,24). The second-order valence-corrected chi connectivity index (χ2v) is 6.88. The van der Waals surface area contributed by atoms with Crippen LogP contribution in [0.2, 0.25) is 0 Å². The summed E-state index contributed by atoms with van der Waals surface area (Å²) in [5, 5.41) is 2.70. The fourth-order valence-corrected chi connectivity index (χ4v) is 3.02. The van der Waals surface area contributed by atoms with Gasteiger partial charge >= 0.3 is 6.09 Å². The first-order valence-electron chi connectivity index (χ1n) is 10.5. The third kappa shape index (κ3) is 20.7. The molecule has 0 aromatic rings. The van der Waals surface area contributed by atoms with E-state index in [4.69, 9.17) is 0 Å². The van der Waals surface area contributed by atoms with Gasteiger partial charge in [0.05, 0.1) is 6.26 Å². The Morgan fingerprint density at radius 1 is 0.680 bits per heavy atom. The van der Waals surface area contributed by atoms with Crippen LogP contribution in [-0.2, 0) is 4.74 Å². The fourth-order valence-electron chi connectivity index (χ4n) is 3.02. The minimum atomic E-state index is -0.400. The molecule has 0 spiro atoms. The summed E-state index contributed by atoms with van der Waals surface area (Å²) >= 11 is 0. The lowest BCUT2D eigenvalue weighted by Gasteiger charge is -2.04. The van der Waals surface area contributed by atoms with Crippen LogP contribution in [0.25, 0.3) is 0 Å². The van der Waals surface area contributed by atoms with E-state index in [2.05, 4.69) is 23.2 Å². The number of hydrogen-bond acceptors (Lipinski definition) is 2. The quantitative estimate of drug-likeness (QED) is 0.151. The third-order valence-corrected chi connectivity index (χ3v) is 4.54. The van der Waals surface area contributed by atoms with Gasteiger partial charge in [-0.15, -0.1) is 6.58 Å². The minimum absolute atomic E-state index is 0.400. The zero-order valence-electron chi connectivity index (χ0n) is 16.4. The van der Waals surface area contributed by atoms with Gasteiger partial charge in [-0.3, -0.25) is 0 Å². The van der Waals surface area contributed by atoms with Gasteiger partial charge in [0.1, 0.15) is 0 Å². The maximum Gasteiger partial charge on any atom is 0.411 e. The summed E-state index contributed by atoms with van der Waals surface area (Å²) in [5.41, 5.74) is 0. The predicted molar refractivity (Wildman–Crippen MR) is 109 cm³/mol. The Labute approximate surface area is 156 Å². The van der Waals surface area contributed by atoms with Crippen molar-refractivity contribution in [1.29, 1.82) is 0 Å². The first-order valence-corrected chi connectivity index (χ1v) is 10.5. The van der Waals surface area contributed by atoms with Crippen molar-refractivity contribution in [3.63, 3.8) is 0 Å².